The highest BCUT2D eigenvalue weighted by Crippen LogP contribution is 2.42. The molecule has 1 unspecified atom stereocenters. The molecule has 0 aromatic rings. The van der Waals surface area contributed by atoms with Gasteiger partial charge in [-0.2, -0.15) is 0 Å². The van der Waals surface area contributed by atoms with Crippen LogP contribution in [0.3, 0.4) is 0 Å². The Hall–Kier alpha value is 0.440. The van der Waals surface area contributed by atoms with Crippen molar-refractivity contribution >= 4 is 23.5 Å². The Kier molecular flexibility index (Phi) is 3.18. The van der Waals surface area contributed by atoms with Crippen LogP contribution in [0, 0.1) is 5.92 Å². The van der Waals surface area contributed by atoms with Crippen LogP contribution in [0.2, 0.25) is 0 Å². The van der Waals surface area contributed by atoms with Crippen LogP contribution in [-0.4, -0.2) is 4.58 Å². The smallest absolute Gasteiger partial charge is 0.0590 e. The molecule has 0 N–H and O–H groups in total. The lowest BCUT2D eigenvalue weighted by atomic mass is 10.2. The number of hydrogen-bond acceptors (Lipinski definition) is 2. The first kappa shape index (κ1) is 8.54. The maximum absolute atomic E-state index is 2.29. The summed E-state index contributed by atoms with van der Waals surface area (Å²) in [5, 5.41) is 2.28. The lowest BCUT2D eigenvalue weighted by Crippen LogP contribution is -1.97. The molecule has 2 heteroatoms. The first-order valence-corrected chi connectivity index (χ1v) is 5.49. The third kappa shape index (κ3) is 2.59. The molecule has 0 nitrogen and oxygen atoms in total. The number of thioether (sulfide) groups is 2. The van der Waals surface area contributed by atoms with Crippen LogP contribution in [0.1, 0.15) is 27.2 Å². The van der Waals surface area contributed by atoms with E-state index in [-0.39, 0.29) is 0 Å². The summed E-state index contributed by atoms with van der Waals surface area (Å²) >= 11 is 4.00. The fourth-order valence-electron chi connectivity index (χ4n) is 0.923. The summed E-state index contributed by atoms with van der Waals surface area (Å²) in [5.41, 5.74) is 0. The van der Waals surface area contributed by atoms with Crippen LogP contribution in [-0.2, 0) is 0 Å². The Labute approximate surface area is 71.8 Å². The Morgan fingerprint density at radius 3 is 2.70 bits per heavy atom. The lowest BCUT2D eigenvalue weighted by Gasteiger charge is -2.10. The van der Waals surface area contributed by atoms with Gasteiger partial charge in [0.1, 0.15) is 0 Å². The largest absolute Gasteiger partial charge is 0.119 e. The molecule has 0 radical (unpaired) electrons. The molecule has 0 bridgehead atoms. The summed E-state index contributed by atoms with van der Waals surface area (Å²) < 4.78 is 0.806. The fourth-order valence-corrected chi connectivity index (χ4v) is 3.89. The van der Waals surface area contributed by atoms with Gasteiger partial charge in [0.2, 0.25) is 0 Å². The van der Waals surface area contributed by atoms with E-state index < -0.39 is 0 Å². The van der Waals surface area contributed by atoms with Gasteiger partial charge in [0.25, 0.3) is 0 Å². The van der Waals surface area contributed by atoms with Crippen molar-refractivity contribution in [3.63, 3.8) is 0 Å². The van der Waals surface area contributed by atoms with Crippen molar-refractivity contribution in [2.24, 2.45) is 5.92 Å². The van der Waals surface area contributed by atoms with Gasteiger partial charge in [-0.3, -0.25) is 0 Å². The van der Waals surface area contributed by atoms with Crippen molar-refractivity contribution in [3.05, 3.63) is 10.3 Å². The van der Waals surface area contributed by atoms with Gasteiger partial charge in [-0.25, -0.2) is 0 Å². The molecular formula is C8H14S2. The van der Waals surface area contributed by atoms with Crippen molar-refractivity contribution in [1.82, 2.24) is 0 Å². The molecule has 10 heavy (non-hydrogen) atoms. The highest BCUT2D eigenvalue weighted by atomic mass is 32.2. The average Bonchev–Trinajstić information content (AvgIpc) is 2.13. The normalized spacial score (nSPS) is 25.6. The lowest BCUT2D eigenvalue weighted by molar-refractivity contribution is 0.621. The molecule has 0 spiro atoms. The van der Waals surface area contributed by atoms with Crippen LogP contribution < -0.4 is 0 Å². The zero-order valence-electron chi connectivity index (χ0n) is 6.76. The van der Waals surface area contributed by atoms with Gasteiger partial charge in [-0.1, -0.05) is 13.8 Å². The van der Waals surface area contributed by atoms with E-state index in [2.05, 4.69) is 26.2 Å². The third-order valence-corrected chi connectivity index (χ3v) is 4.07. The topological polar surface area (TPSA) is 0 Å². The molecule has 0 fully saturated rings. The molecule has 58 valence electrons. The number of hydrogen-bond donors (Lipinski definition) is 0. The van der Waals surface area contributed by atoms with Crippen LogP contribution in [0.5, 0.6) is 0 Å². The maximum atomic E-state index is 2.29. The Morgan fingerprint density at radius 2 is 2.30 bits per heavy atom. The minimum atomic E-state index is 0.806. The second-order valence-corrected chi connectivity index (χ2v) is 5.87. The molecule has 1 atom stereocenters. The van der Waals surface area contributed by atoms with Gasteiger partial charge in [-0.05, 0) is 29.6 Å². The van der Waals surface area contributed by atoms with E-state index in [9.17, 15) is 0 Å². The molecule has 0 aromatic heterocycles. The Balaban J connectivity index is 2.23. The molecule has 0 saturated carbocycles. The van der Waals surface area contributed by atoms with E-state index in [4.69, 9.17) is 0 Å². The van der Waals surface area contributed by atoms with Crippen molar-refractivity contribution < 1.29 is 0 Å². The van der Waals surface area contributed by atoms with E-state index >= 15 is 0 Å². The summed E-state index contributed by atoms with van der Waals surface area (Å²) in [6.45, 7) is 6.77. The maximum Gasteiger partial charge on any atom is 0.0590 e. The minimum absolute atomic E-state index is 0.806. The first-order chi connectivity index (χ1) is 4.68. The predicted molar refractivity (Wildman–Crippen MR) is 52.2 cm³/mol. The molecule has 1 aliphatic heterocycles. The van der Waals surface area contributed by atoms with Crippen molar-refractivity contribution in [2.45, 2.75) is 31.8 Å². The summed E-state index contributed by atoms with van der Waals surface area (Å²) in [6, 6.07) is 0. The van der Waals surface area contributed by atoms with Crippen LogP contribution in [0.25, 0.3) is 0 Å². The summed E-state index contributed by atoms with van der Waals surface area (Å²) in [4.78, 5) is 1.48. The third-order valence-electron chi connectivity index (χ3n) is 1.37. The van der Waals surface area contributed by atoms with Gasteiger partial charge >= 0.3 is 0 Å². The minimum Gasteiger partial charge on any atom is -0.119 e. The number of rotatable bonds is 2. The van der Waals surface area contributed by atoms with E-state index in [1.165, 1.54) is 11.3 Å². The second-order valence-electron chi connectivity index (χ2n) is 3.04. The standard InChI is InChI=1S/C8H14S2/c1-6(2)4-8-9-5-7(3)10-8/h5-6,8H,4H2,1-3H3. The molecule has 0 aliphatic carbocycles. The van der Waals surface area contributed by atoms with E-state index in [0.717, 1.165) is 10.5 Å². The molecule has 0 aromatic carbocycles. The van der Waals surface area contributed by atoms with Gasteiger partial charge in [-0.15, -0.1) is 23.5 Å². The highest BCUT2D eigenvalue weighted by Gasteiger charge is 2.16. The Bertz CT molecular complexity index is 138. The summed E-state index contributed by atoms with van der Waals surface area (Å²) in [5.74, 6) is 0.837. The predicted octanol–water partition coefficient (Wildman–Crippen LogP) is 3.70. The van der Waals surface area contributed by atoms with Crippen molar-refractivity contribution in [3.8, 4) is 0 Å². The van der Waals surface area contributed by atoms with E-state index in [1.807, 2.05) is 23.5 Å². The SMILES string of the molecule is CC1=CSC(CC(C)C)S1. The van der Waals surface area contributed by atoms with Crippen LogP contribution in [0.4, 0.5) is 0 Å². The Morgan fingerprint density at radius 1 is 1.60 bits per heavy atom. The quantitative estimate of drug-likeness (QED) is 0.626. The van der Waals surface area contributed by atoms with Gasteiger partial charge in [0.05, 0.1) is 4.58 Å². The number of allylic oxidation sites excluding steroid dienone is 1. The molecule has 0 saturated heterocycles. The van der Waals surface area contributed by atoms with Gasteiger partial charge in [0, 0.05) is 0 Å². The van der Waals surface area contributed by atoms with E-state index in [0.29, 0.717) is 0 Å². The summed E-state index contributed by atoms with van der Waals surface area (Å²) in [6.07, 6.45) is 1.34. The second kappa shape index (κ2) is 3.72. The zero-order chi connectivity index (χ0) is 7.56. The van der Waals surface area contributed by atoms with Crippen molar-refractivity contribution in [2.75, 3.05) is 0 Å². The molecule has 1 rings (SSSR count). The van der Waals surface area contributed by atoms with E-state index in [1.54, 1.807) is 0 Å². The van der Waals surface area contributed by atoms with Gasteiger partial charge in [0.15, 0.2) is 0 Å². The molecule has 1 heterocycles. The highest BCUT2D eigenvalue weighted by molar-refractivity contribution is 8.22. The monoisotopic (exact) mass is 174 g/mol. The summed E-state index contributed by atoms with van der Waals surface area (Å²) in [7, 11) is 0. The molecule has 0 amide bonds. The van der Waals surface area contributed by atoms with Crippen LogP contribution >= 0.6 is 23.5 Å². The van der Waals surface area contributed by atoms with Crippen LogP contribution in [0.15, 0.2) is 10.3 Å². The average molecular weight is 174 g/mol. The van der Waals surface area contributed by atoms with Gasteiger partial charge < -0.3 is 0 Å². The first-order valence-electron chi connectivity index (χ1n) is 3.67. The zero-order valence-corrected chi connectivity index (χ0v) is 8.39. The molecule has 1 aliphatic rings. The fraction of sp³-hybridized carbons (Fsp3) is 0.750. The van der Waals surface area contributed by atoms with Crippen molar-refractivity contribution in [1.29, 1.82) is 0 Å². The molecular weight excluding hydrogens is 160 g/mol.